The Kier molecular flexibility index (Phi) is 15.6. The standard InChI is InChI=1S/C41H53F2NO9/c1-25(2)13-18-36(45)52-24-41(6,7)38(46)39(47)44-19-11-10-12-32(44)40(48)53-33(16-14-28-15-17-34(49-8)35(20-28)50-9)30-21-29(22-31(42)37(30)43)51-23-27(5)26(3)4/h13,15,17-18,20-22,25-26,32-33H,5,10-12,14,16,19,23-24H2,1-4,6-9H3/t32-,33+/m0/s1. The minimum atomic E-state index is -1.39. The number of allylic oxidation sites excluding steroid dienone is 1. The first-order chi connectivity index (χ1) is 25.0. The van der Waals surface area contributed by atoms with Gasteiger partial charge in [0.2, 0.25) is 5.78 Å². The number of carbonyl (C=O) groups is 4. The Labute approximate surface area is 311 Å². The lowest BCUT2D eigenvalue weighted by molar-refractivity contribution is -0.165. The monoisotopic (exact) mass is 741 g/mol. The number of ether oxygens (including phenoxy) is 5. The van der Waals surface area contributed by atoms with Crippen molar-refractivity contribution in [3.8, 4) is 17.2 Å². The van der Waals surface area contributed by atoms with Crippen molar-refractivity contribution in [3.05, 3.63) is 77.4 Å². The van der Waals surface area contributed by atoms with Gasteiger partial charge < -0.3 is 28.6 Å². The van der Waals surface area contributed by atoms with Crippen LogP contribution in [-0.2, 0) is 35.1 Å². The Hall–Kier alpha value is -4.74. The average molecular weight is 742 g/mol. The topological polar surface area (TPSA) is 118 Å². The summed E-state index contributed by atoms with van der Waals surface area (Å²) in [4.78, 5) is 54.5. The normalized spacial score (nSPS) is 15.3. The fourth-order valence-corrected chi connectivity index (χ4v) is 5.55. The van der Waals surface area contributed by atoms with Crippen LogP contribution in [0.1, 0.15) is 84.5 Å². The SMILES string of the molecule is C=C(COc1cc(F)c(F)c([C@@H](CCc2ccc(OC)c(OC)c2)OC(=O)[C@@H]2CCCCN2C(=O)C(=O)C(C)(C)COC(=O)C=CC(C)C)c1)C(C)C. The first-order valence-corrected chi connectivity index (χ1v) is 17.9. The van der Waals surface area contributed by atoms with E-state index < -0.39 is 52.8 Å². The number of esters is 2. The number of methoxy groups -OCH3 is 2. The maximum Gasteiger partial charge on any atom is 0.330 e. The van der Waals surface area contributed by atoms with E-state index in [1.807, 2.05) is 27.7 Å². The van der Waals surface area contributed by atoms with E-state index in [1.165, 1.54) is 40.2 Å². The van der Waals surface area contributed by atoms with E-state index in [0.717, 1.165) is 22.1 Å². The van der Waals surface area contributed by atoms with Crippen LogP contribution in [-0.4, -0.2) is 68.5 Å². The summed E-state index contributed by atoms with van der Waals surface area (Å²) in [6.07, 6.45) is 3.15. The molecule has 1 amide bonds. The number of Topliss-reactive ketones (excluding diaryl/α,β-unsaturated/α-hetero) is 1. The van der Waals surface area contributed by atoms with Crippen molar-refractivity contribution in [1.82, 2.24) is 4.90 Å². The van der Waals surface area contributed by atoms with Crippen molar-refractivity contribution in [2.45, 2.75) is 85.8 Å². The van der Waals surface area contributed by atoms with Crippen LogP contribution in [0.4, 0.5) is 8.78 Å². The Morgan fingerprint density at radius 1 is 1.00 bits per heavy atom. The van der Waals surface area contributed by atoms with Gasteiger partial charge in [0.25, 0.3) is 5.91 Å². The highest BCUT2D eigenvalue weighted by Crippen LogP contribution is 2.34. The number of piperidine rings is 1. The van der Waals surface area contributed by atoms with Crippen LogP contribution in [0.3, 0.4) is 0 Å². The van der Waals surface area contributed by atoms with Crippen LogP contribution in [0.15, 0.2) is 54.6 Å². The van der Waals surface area contributed by atoms with Crippen LogP contribution >= 0.6 is 0 Å². The lowest BCUT2D eigenvalue weighted by Crippen LogP contribution is -2.53. The number of benzene rings is 2. The van der Waals surface area contributed by atoms with E-state index in [4.69, 9.17) is 23.7 Å². The molecule has 1 fully saturated rings. The van der Waals surface area contributed by atoms with Crippen LogP contribution in [0.2, 0.25) is 0 Å². The Morgan fingerprint density at radius 2 is 1.70 bits per heavy atom. The third-order valence-electron chi connectivity index (χ3n) is 9.06. The molecule has 2 aromatic carbocycles. The second kappa shape index (κ2) is 19.4. The van der Waals surface area contributed by atoms with Crippen LogP contribution in [0.25, 0.3) is 0 Å². The summed E-state index contributed by atoms with van der Waals surface area (Å²) >= 11 is 0. The summed E-state index contributed by atoms with van der Waals surface area (Å²) in [5.41, 5.74) is -0.154. The number of amides is 1. The molecule has 0 bridgehead atoms. The second-order valence-corrected chi connectivity index (χ2v) is 14.5. The summed E-state index contributed by atoms with van der Waals surface area (Å²) < 4.78 is 58.4. The molecule has 53 heavy (non-hydrogen) atoms. The van der Waals surface area contributed by atoms with Crippen molar-refractivity contribution in [3.63, 3.8) is 0 Å². The minimum absolute atomic E-state index is 0.0169. The number of nitrogens with zero attached hydrogens (tertiary/aromatic N) is 1. The largest absolute Gasteiger partial charge is 0.493 e. The fraction of sp³-hybridized carbons (Fsp3) is 0.512. The molecule has 1 heterocycles. The molecule has 0 radical (unpaired) electrons. The van der Waals surface area contributed by atoms with Gasteiger partial charge in [-0.2, -0.15) is 0 Å². The third kappa shape index (κ3) is 11.9. The van der Waals surface area contributed by atoms with E-state index in [0.29, 0.717) is 24.3 Å². The van der Waals surface area contributed by atoms with Crippen molar-refractivity contribution < 1.29 is 51.6 Å². The van der Waals surface area contributed by atoms with Gasteiger partial charge in [-0.15, -0.1) is 0 Å². The van der Waals surface area contributed by atoms with E-state index in [2.05, 4.69) is 6.58 Å². The van der Waals surface area contributed by atoms with Gasteiger partial charge in [-0.1, -0.05) is 46.4 Å². The quantitative estimate of drug-likeness (QED) is 0.0662. The van der Waals surface area contributed by atoms with Crippen LogP contribution < -0.4 is 14.2 Å². The molecule has 10 nitrogen and oxygen atoms in total. The van der Waals surface area contributed by atoms with Gasteiger partial charge in [0, 0.05) is 24.3 Å². The number of aryl methyl sites for hydroxylation is 1. The van der Waals surface area contributed by atoms with Gasteiger partial charge in [-0.25, -0.2) is 18.4 Å². The maximum absolute atomic E-state index is 15.6. The molecule has 0 spiro atoms. The maximum atomic E-state index is 15.6. The molecule has 1 aliphatic rings. The highest BCUT2D eigenvalue weighted by Gasteiger charge is 2.42. The van der Waals surface area contributed by atoms with Gasteiger partial charge >= 0.3 is 11.9 Å². The summed E-state index contributed by atoms with van der Waals surface area (Å²) in [5.74, 6) is -4.50. The molecule has 290 valence electrons. The number of halogens is 2. The number of hydrogen-bond donors (Lipinski definition) is 0. The van der Waals surface area contributed by atoms with Gasteiger partial charge in [0.05, 0.1) is 19.6 Å². The molecule has 1 aliphatic heterocycles. The Bertz CT molecular complexity index is 1670. The predicted molar refractivity (Wildman–Crippen MR) is 196 cm³/mol. The molecule has 3 rings (SSSR count). The number of ketones is 1. The second-order valence-electron chi connectivity index (χ2n) is 14.5. The molecule has 0 N–H and O–H groups in total. The van der Waals surface area contributed by atoms with Crippen LogP contribution in [0.5, 0.6) is 17.2 Å². The van der Waals surface area contributed by atoms with Gasteiger partial charge in [-0.3, -0.25) is 9.59 Å². The van der Waals surface area contributed by atoms with Crippen LogP contribution in [0, 0.1) is 28.9 Å². The zero-order valence-corrected chi connectivity index (χ0v) is 32.1. The third-order valence-corrected chi connectivity index (χ3v) is 9.06. The smallest absolute Gasteiger partial charge is 0.330 e. The lowest BCUT2D eigenvalue weighted by atomic mass is 9.87. The van der Waals surface area contributed by atoms with Crippen molar-refractivity contribution in [2.75, 3.05) is 34.0 Å². The average Bonchev–Trinajstić information content (AvgIpc) is 3.14. The molecule has 0 aliphatic carbocycles. The summed E-state index contributed by atoms with van der Waals surface area (Å²) in [6.45, 7) is 14.4. The predicted octanol–water partition coefficient (Wildman–Crippen LogP) is 7.52. The molecule has 0 unspecified atom stereocenters. The molecule has 2 aromatic rings. The van der Waals surface area contributed by atoms with Crippen molar-refractivity contribution in [1.29, 1.82) is 0 Å². The first kappa shape index (κ1) is 42.7. The van der Waals surface area contributed by atoms with E-state index >= 15 is 8.78 Å². The van der Waals surface area contributed by atoms with E-state index in [-0.39, 0.29) is 62.2 Å². The Balaban J connectivity index is 1.91. The van der Waals surface area contributed by atoms with Crippen molar-refractivity contribution >= 4 is 23.6 Å². The number of hydrogen-bond acceptors (Lipinski definition) is 9. The van der Waals surface area contributed by atoms with E-state index in [9.17, 15) is 19.2 Å². The zero-order chi connectivity index (χ0) is 39.5. The van der Waals surface area contributed by atoms with Gasteiger partial charge in [-0.05, 0) is 87.1 Å². The highest BCUT2D eigenvalue weighted by atomic mass is 19.2. The summed E-state index contributed by atoms with van der Waals surface area (Å²) in [6, 6.07) is 6.27. The molecular weight excluding hydrogens is 688 g/mol. The lowest BCUT2D eigenvalue weighted by Gasteiger charge is -2.36. The minimum Gasteiger partial charge on any atom is -0.493 e. The number of likely N-dealkylation sites (tertiary alicyclic amines) is 1. The molecule has 12 heteroatoms. The van der Waals surface area contributed by atoms with E-state index in [1.54, 1.807) is 24.3 Å². The first-order valence-electron chi connectivity index (χ1n) is 17.9. The van der Waals surface area contributed by atoms with Gasteiger partial charge in [0.15, 0.2) is 23.1 Å². The number of carbonyl (C=O) groups excluding carboxylic acids is 4. The number of rotatable bonds is 18. The molecule has 0 saturated carbocycles. The molecule has 2 atom stereocenters. The summed E-state index contributed by atoms with van der Waals surface area (Å²) in [5, 5.41) is 0. The molecule has 1 saturated heterocycles. The van der Waals surface area contributed by atoms with Crippen molar-refractivity contribution in [2.24, 2.45) is 17.3 Å². The summed E-state index contributed by atoms with van der Waals surface area (Å²) in [7, 11) is 3.00. The highest BCUT2D eigenvalue weighted by molar-refractivity contribution is 6.38. The molecule has 0 aromatic heterocycles. The zero-order valence-electron chi connectivity index (χ0n) is 32.1. The van der Waals surface area contributed by atoms with Gasteiger partial charge in [0.1, 0.15) is 31.1 Å². The Morgan fingerprint density at radius 3 is 2.34 bits per heavy atom. The fourth-order valence-electron chi connectivity index (χ4n) is 5.55. The molecular formula is C41H53F2NO9.